The molecule has 1 aromatic heterocycles. The van der Waals surface area contributed by atoms with Gasteiger partial charge in [-0.2, -0.15) is 0 Å². The smallest absolute Gasteiger partial charge is 0.238 e. The number of hydrogen-bond donors (Lipinski definition) is 1. The van der Waals surface area contributed by atoms with Gasteiger partial charge in [0.05, 0.1) is 17.6 Å². The van der Waals surface area contributed by atoms with E-state index >= 15 is 0 Å². The van der Waals surface area contributed by atoms with Crippen LogP contribution in [0.15, 0.2) is 53.8 Å². The molecule has 3 heterocycles. The van der Waals surface area contributed by atoms with Crippen LogP contribution in [-0.4, -0.2) is 37.4 Å². The zero-order valence-electron chi connectivity index (χ0n) is 15.2. The normalized spacial score (nSPS) is 21.8. The fourth-order valence-corrected chi connectivity index (χ4v) is 5.19. The number of thioether (sulfide) groups is 1. The van der Waals surface area contributed by atoms with Gasteiger partial charge in [0.15, 0.2) is 5.11 Å². The second-order valence-electron chi connectivity index (χ2n) is 6.88. The molecule has 0 radical (unpaired) electrons. The number of thiocarbonyl (C=S) groups is 1. The predicted octanol–water partition coefficient (Wildman–Crippen LogP) is 3.11. The molecule has 7 heteroatoms. The van der Waals surface area contributed by atoms with Crippen LogP contribution >= 0.6 is 24.0 Å². The van der Waals surface area contributed by atoms with Gasteiger partial charge >= 0.3 is 0 Å². The SMILES string of the molecule is Cc1cncn1CCCN1C(=O)C2C=C(Cc3ccccc3)SC2NC1=S. The number of carbonyl (C=O) groups is 1. The van der Waals surface area contributed by atoms with Crippen LogP contribution in [0.3, 0.4) is 0 Å². The van der Waals surface area contributed by atoms with Crippen molar-refractivity contribution in [1.29, 1.82) is 0 Å². The highest BCUT2D eigenvalue weighted by Crippen LogP contribution is 2.39. The van der Waals surface area contributed by atoms with E-state index in [2.05, 4.69) is 33.1 Å². The molecule has 2 aliphatic rings. The van der Waals surface area contributed by atoms with Crippen LogP contribution < -0.4 is 5.32 Å². The van der Waals surface area contributed by atoms with Gasteiger partial charge in [0.1, 0.15) is 0 Å². The van der Waals surface area contributed by atoms with Gasteiger partial charge < -0.3 is 9.88 Å². The zero-order chi connectivity index (χ0) is 18.8. The van der Waals surface area contributed by atoms with Crippen LogP contribution in [0.5, 0.6) is 0 Å². The Kier molecular flexibility index (Phi) is 5.31. The number of fused-ring (bicyclic) bond motifs is 1. The summed E-state index contributed by atoms with van der Waals surface area (Å²) in [7, 11) is 0. The van der Waals surface area contributed by atoms with Crippen molar-refractivity contribution in [3.8, 4) is 0 Å². The summed E-state index contributed by atoms with van der Waals surface area (Å²) < 4.78 is 2.09. The average Bonchev–Trinajstić information content (AvgIpc) is 3.25. The standard InChI is InChI=1S/C20H22N4OS2/c1-14-12-21-13-23(14)8-5-9-24-19(25)17-11-16(27-18(17)22-20(24)26)10-15-6-3-2-4-7-15/h2-4,6-7,11-13,17-18H,5,8-10H2,1H3,(H,22,26). The Morgan fingerprint density at radius 2 is 2.07 bits per heavy atom. The molecular weight excluding hydrogens is 376 g/mol. The lowest BCUT2D eigenvalue weighted by Crippen LogP contribution is -2.57. The fraction of sp³-hybridized carbons (Fsp3) is 0.350. The van der Waals surface area contributed by atoms with Gasteiger partial charge in [-0.15, -0.1) is 11.8 Å². The number of aromatic nitrogens is 2. The van der Waals surface area contributed by atoms with E-state index in [-0.39, 0.29) is 17.2 Å². The molecule has 0 bridgehead atoms. The summed E-state index contributed by atoms with van der Waals surface area (Å²) in [6.45, 7) is 3.48. The van der Waals surface area contributed by atoms with Gasteiger partial charge in [-0.05, 0) is 36.0 Å². The lowest BCUT2D eigenvalue weighted by atomic mass is 10.0. The Hall–Kier alpha value is -2.12. The lowest BCUT2D eigenvalue weighted by Gasteiger charge is -2.35. The van der Waals surface area contributed by atoms with Gasteiger partial charge in [-0.3, -0.25) is 9.69 Å². The Labute approximate surface area is 168 Å². The molecule has 2 atom stereocenters. The summed E-state index contributed by atoms with van der Waals surface area (Å²) in [5.41, 5.74) is 2.39. The minimum Gasteiger partial charge on any atom is -0.349 e. The number of hydrogen-bond acceptors (Lipinski definition) is 4. The van der Waals surface area contributed by atoms with Crippen molar-refractivity contribution in [3.63, 3.8) is 0 Å². The maximum Gasteiger partial charge on any atom is 0.238 e. The van der Waals surface area contributed by atoms with Crippen LogP contribution in [0.25, 0.3) is 0 Å². The Bertz CT molecular complexity index is 877. The van der Waals surface area contributed by atoms with Crippen LogP contribution in [0.2, 0.25) is 0 Å². The van der Waals surface area contributed by atoms with Crippen molar-refractivity contribution in [2.45, 2.75) is 31.7 Å². The van der Waals surface area contributed by atoms with Gasteiger partial charge in [-0.1, -0.05) is 36.4 Å². The molecule has 5 nitrogen and oxygen atoms in total. The molecule has 1 saturated heterocycles. The van der Waals surface area contributed by atoms with E-state index in [9.17, 15) is 4.79 Å². The first-order valence-electron chi connectivity index (χ1n) is 9.12. The van der Waals surface area contributed by atoms with Crippen molar-refractivity contribution in [1.82, 2.24) is 19.8 Å². The number of carbonyl (C=O) groups excluding carboxylic acids is 1. The number of benzene rings is 1. The molecule has 27 heavy (non-hydrogen) atoms. The molecule has 1 N–H and O–H groups in total. The predicted molar refractivity (Wildman–Crippen MR) is 112 cm³/mol. The summed E-state index contributed by atoms with van der Waals surface area (Å²) in [6, 6.07) is 10.4. The zero-order valence-corrected chi connectivity index (χ0v) is 16.8. The van der Waals surface area contributed by atoms with Crippen LogP contribution in [0.1, 0.15) is 17.7 Å². The summed E-state index contributed by atoms with van der Waals surface area (Å²) in [5, 5.41) is 3.93. The first kappa shape index (κ1) is 18.3. The van der Waals surface area contributed by atoms with Crippen molar-refractivity contribution in [2.75, 3.05) is 6.54 Å². The highest BCUT2D eigenvalue weighted by atomic mass is 32.2. The number of aryl methyl sites for hydroxylation is 2. The highest BCUT2D eigenvalue weighted by molar-refractivity contribution is 8.04. The van der Waals surface area contributed by atoms with Gasteiger partial charge in [-0.25, -0.2) is 4.98 Å². The van der Waals surface area contributed by atoms with Gasteiger partial charge in [0.25, 0.3) is 0 Å². The first-order valence-corrected chi connectivity index (χ1v) is 10.4. The third-order valence-electron chi connectivity index (χ3n) is 4.95. The molecule has 1 aromatic carbocycles. The fourth-order valence-electron chi connectivity index (χ4n) is 3.49. The second kappa shape index (κ2) is 7.86. The molecule has 140 valence electrons. The van der Waals surface area contributed by atoms with Crippen LogP contribution in [0, 0.1) is 12.8 Å². The largest absolute Gasteiger partial charge is 0.349 e. The van der Waals surface area contributed by atoms with E-state index in [4.69, 9.17) is 12.2 Å². The van der Waals surface area contributed by atoms with Crippen molar-refractivity contribution < 1.29 is 4.79 Å². The maximum atomic E-state index is 13.0. The quantitative estimate of drug-likeness (QED) is 0.758. The maximum absolute atomic E-state index is 13.0. The highest BCUT2D eigenvalue weighted by Gasteiger charge is 2.42. The Morgan fingerprint density at radius 1 is 1.26 bits per heavy atom. The average molecular weight is 399 g/mol. The first-order chi connectivity index (χ1) is 13.1. The van der Waals surface area contributed by atoms with E-state index < -0.39 is 0 Å². The number of amides is 1. The third kappa shape index (κ3) is 3.94. The third-order valence-corrected chi connectivity index (χ3v) is 6.54. The van der Waals surface area contributed by atoms with Crippen molar-refractivity contribution >= 4 is 35.0 Å². The lowest BCUT2D eigenvalue weighted by molar-refractivity contribution is -0.131. The molecule has 0 saturated carbocycles. The molecule has 1 fully saturated rings. The van der Waals surface area contributed by atoms with E-state index in [0.717, 1.165) is 25.1 Å². The summed E-state index contributed by atoms with van der Waals surface area (Å²) in [5.74, 6) is -0.0305. The topological polar surface area (TPSA) is 50.2 Å². The molecule has 2 unspecified atom stereocenters. The molecule has 1 amide bonds. The molecule has 2 aliphatic heterocycles. The Morgan fingerprint density at radius 3 is 2.81 bits per heavy atom. The number of nitrogens with zero attached hydrogens (tertiary/aromatic N) is 3. The van der Waals surface area contributed by atoms with Crippen LogP contribution in [-0.2, 0) is 17.8 Å². The molecular formula is C20H22N4OS2. The number of rotatable bonds is 6. The van der Waals surface area contributed by atoms with Gasteiger partial charge in [0.2, 0.25) is 5.91 Å². The summed E-state index contributed by atoms with van der Waals surface area (Å²) in [6.07, 6.45) is 7.49. The molecule has 0 spiro atoms. The summed E-state index contributed by atoms with van der Waals surface area (Å²) in [4.78, 5) is 20.1. The minimum absolute atomic E-state index is 0.0239. The molecule has 0 aliphatic carbocycles. The Balaban J connectivity index is 1.39. The molecule has 2 aromatic rings. The van der Waals surface area contributed by atoms with Crippen molar-refractivity contribution in [2.24, 2.45) is 5.92 Å². The van der Waals surface area contributed by atoms with E-state index in [1.807, 2.05) is 37.6 Å². The van der Waals surface area contributed by atoms with Gasteiger partial charge in [0, 0.05) is 31.4 Å². The van der Waals surface area contributed by atoms with E-state index in [1.165, 1.54) is 10.5 Å². The monoisotopic (exact) mass is 398 g/mol. The number of allylic oxidation sites excluding steroid dienone is 1. The second-order valence-corrected chi connectivity index (χ2v) is 8.54. The number of imidazole rings is 1. The molecule has 4 rings (SSSR count). The van der Waals surface area contributed by atoms with E-state index in [0.29, 0.717) is 11.7 Å². The van der Waals surface area contributed by atoms with Crippen LogP contribution in [0.4, 0.5) is 0 Å². The minimum atomic E-state index is -0.143. The number of nitrogens with one attached hydrogen (secondary N) is 1. The summed E-state index contributed by atoms with van der Waals surface area (Å²) >= 11 is 7.20. The van der Waals surface area contributed by atoms with E-state index in [1.54, 1.807) is 16.7 Å². The van der Waals surface area contributed by atoms with Crippen molar-refractivity contribution in [3.05, 3.63) is 65.1 Å².